The first-order chi connectivity index (χ1) is 14.5. The molecule has 0 saturated carbocycles. The van der Waals surface area contributed by atoms with Gasteiger partial charge in [-0.1, -0.05) is 50.2 Å². The Bertz CT molecular complexity index is 1060. The molecule has 0 radical (unpaired) electrons. The molecule has 1 N–H and O–H groups in total. The SMILES string of the molecule is CC(C)CN1C(=O)c2ccccc2[C@H](C(=O)Nc2ccccc2F)[C@H]1c1cccs1. The van der Waals surface area contributed by atoms with E-state index in [1.165, 1.54) is 17.4 Å². The molecule has 4 rings (SSSR count). The summed E-state index contributed by atoms with van der Waals surface area (Å²) in [6, 6.07) is 16.8. The van der Waals surface area contributed by atoms with Crippen molar-refractivity contribution in [3.05, 3.63) is 87.9 Å². The molecule has 154 valence electrons. The lowest BCUT2D eigenvalue weighted by atomic mass is 9.81. The topological polar surface area (TPSA) is 49.4 Å². The van der Waals surface area contributed by atoms with Gasteiger partial charge in [0.2, 0.25) is 5.91 Å². The molecule has 1 aliphatic rings. The molecular weight excluding hydrogens is 399 g/mol. The summed E-state index contributed by atoms with van der Waals surface area (Å²) in [5.41, 5.74) is 1.34. The maximum absolute atomic E-state index is 14.2. The molecule has 0 spiro atoms. The van der Waals surface area contributed by atoms with Crippen molar-refractivity contribution in [1.82, 2.24) is 4.90 Å². The summed E-state index contributed by atoms with van der Waals surface area (Å²) < 4.78 is 14.2. The zero-order valence-electron chi connectivity index (χ0n) is 16.8. The monoisotopic (exact) mass is 422 g/mol. The lowest BCUT2D eigenvalue weighted by Crippen LogP contribution is -2.47. The molecule has 2 amide bonds. The van der Waals surface area contributed by atoms with Gasteiger partial charge < -0.3 is 10.2 Å². The summed E-state index contributed by atoms with van der Waals surface area (Å²) in [5.74, 6) is -1.30. The molecular formula is C24H23FN2O2S. The van der Waals surface area contributed by atoms with E-state index in [-0.39, 0.29) is 23.4 Å². The summed E-state index contributed by atoms with van der Waals surface area (Å²) in [4.78, 5) is 29.6. The molecule has 6 heteroatoms. The van der Waals surface area contributed by atoms with Crippen LogP contribution in [0.5, 0.6) is 0 Å². The summed E-state index contributed by atoms with van der Waals surface area (Å²) in [5, 5.41) is 4.70. The number of thiophene rings is 1. The minimum absolute atomic E-state index is 0.0763. The standard InChI is InChI=1S/C24H23FN2O2S/c1-15(2)14-27-22(20-12-7-13-30-20)21(16-8-3-4-9-17(16)24(27)29)23(28)26-19-11-6-5-10-18(19)25/h3-13,15,21-22H,14H2,1-2H3,(H,26,28)/t21-,22+/m0/s1. The van der Waals surface area contributed by atoms with Gasteiger partial charge in [0.15, 0.2) is 0 Å². The molecule has 3 aromatic rings. The van der Waals surface area contributed by atoms with E-state index < -0.39 is 17.8 Å². The van der Waals surface area contributed by atoms with Crippen LogP contribution in [0, 0.1) is 11.7 Å². The highest BCUT2D eigenvalue weighted by Gasteiger charge is 2.44. The number of fused-ring (bicyclic) bond motifs is 1. The van der Waals surface area contributed by atoms with Gasteiger partial charge in [-0.3, -0.25) is 9.59 Å². The molecule has 0 saturated heterocycles. The fourth-order valence-corrected chi connectivity index (χ4v) is 4.89. The van der Waals surface area contributed by atoms with Crippen molar-refractivity contribution in [3.63, 3.8) is 0 Å². The number of rotatable bonds is 5. The van der Waals surface area contributed by atoms with Crippen molar-refractivity contribution >= 4 is 28.8 Å². The molecule has 2 aromatic carbocycles. The lowest BCUT2D eigenvalue weighted by molar-refractivity contribution is -0.119. The molecule has 0 fully saturated rings. The predicted octanol–water partition coefficient (Wildman–Crippen LogP) is 5.46. The van der Waals surface area contributed by atoms with E-state index in [1.807, 2.05) is 49.6 Å². The largest absolute Gasteiger partial charge is 0.329 e. The van der Waals surface area contributed by atoms with Crippen LogP contribution in [0.15, 0.2) is 66.0 Å². The second kappa shape index (κ2) is 8.40. The van der Waals surface area contributed by atoms with Gasteiger partial charge in [-0.15, -0.1) is 11.3 Å². The van der Waals surface area contributed by atoms with Crippen molar-refractivity contribution in [3.8, 4) is 0 Å². The number of nitrogens with zero attached hydrogens (tertiary/aromatic N) is 1. The highest BCUT2D eigenvalue weighted by Crippen LogP contribution is 2.45. The smallest absolute Gasteiger partial charge is 0.254 e. The Balaban J connectivity index is 1.83. The Morgan fingerprint density at radius 2 is 1.83 bits per heavy atom. The fraction of sp³-hybridized carbons (Fsp3) is 0.250. The first kappa shape index (κ1) is 20.3. The van der Waals surface area contributed by atoms with Crippen molar-refractivity contribution in [1.29, 1.82) is 0 Å². The fourth-order valence-electron chi connectivity index (χ4n) is 4.02. The van der Waals surface area contributed by atoms with Crippen LogP contribution in [0.1, 0.15) is 46.6 Å². The highest BCUT2D eigenvalue weighted by molar-refractivity contribution is 7.10. The number of carbonyl (C=O) groups is 2. The summed E-state index contributed by atoms with van der Waals surface area (Å²) >= 11 is 1.52. The van der Waals surface area contributed by atoms with Crippen molar-refractivity contribution in [2.45, 2.75) is 25.8 Å². The third kappa shape index (κ3) is 3.75. The van der Waals surface area contributed by atoms with Gasteiger partial charge in [0.25, 0.3) is 5.91 Å². The Morgan fingerprint density at radius 3 is 2.53 bits per heavy atom. The zero-order valence-corrected chi connectivity index (χ0v) is 17.7. The van der Waals surface area contributed by atoms with E-state index in [1.54, 1.807) is 29.2 Å². The number of benzene rings is 2. The molecule has 2 atom stereocenters. The van der Waals surface area contributed by atoms with Gasteiger partial charge in [0.05, 0.1) is 17.6 Å². The first-order valence-electron chi connectivity index (χ1n) is 9.96. The van der Waals surface area contributed by atoms with Crippen LogP contribution in [0.25, 0.3) is 0 Å². The average molecular weight is 423 g/mol. The molecule has 2 heterocycles. The first-order valence-corrected chi connectivity index (χ1v) is 10.8. The van der Waals surface area contributed by atoms with E-state index in [0.29, 0.717) is 17.7 Å². The number of halogens is 1. The third-order valence-corrected chi connectivity index (χ3v) is 6.19. The van der Waals surface area contributed by atoms with Gasteiger partial charge in [-0.2, -0.15) is 0 Å². The second-order valence-electron chi connectivity index (χ2n) is 7.85. The van der Waals surface area contributed by atoms with Crippen LogP contribution >= 0.6 is 11.3 Å². The van der Waals surface area contributed by atoms with Crippen LogP contribution in [-0.4, -0.2) is 23.3 Å². The molecule has 30 heavy (non-hydrogen) atoms. The maximum Gasteiger partial charge on any atom is 0.254 e. The number of nitrogens with one attached hydrogen (secondary N) is 1. The van der Waals surface area contributed by atoms with Crippen molar-refractivity contribution in [2.75, 3.05) is 11.9 Å². The van der Waals surface area contributed by atoms with Crippen molar-refractivity contribution < 1.29 is 14.0 Å². The molecule has 0 bridgehead atoms. The number of carbonyl (C=O) groups excluding carboxylic acids is 2. The van der Waals surface area contributed by atoms with E-state index in [4.69, 9.17) is 0 Å². The molecule has 0 unspecified atom stereocenters. The van der Waals surface area contributed by atoms with E-state index in [2.05, 4.69) is 5.32 Å². The Morgan fingerprint density at radius 1 is 1.10 bits per heavy atom. The number of anilines is 1. The van der Waals surface area contributed by atoms with Gasteiger partial charge >= 0.3 is 0 Å². The second-order valence-corrected chi connectivity index (χ2v) is 8.82. The van der Waals surface area contributed by atoms with E-state index in [0.717, 1.165) is 4.88 Å². The number of hydrogen-bond donors (Lipinski definition) is 1. The summed E-state index contributed by atoms with van der Waals surface area (Å²) in [6.07, 6.45) is 0. The lowest BCUT2D eigenvalue weighted by Gasteiger charge is -2.42. The Hall–Kier alpha value is -2.99. The maximum atomic E-state index is 14.2. The predicted molar refractivity (Wildman–Crippen MR) is 117 cm³/mol. The molecule has 4 nitrogen and oxygen atoms in total. The normalized spacial score (nSPS) is 18.4. The van der Waals surface area contributed by atoms with Gasteiger partial charge in [0, 0.05) is 17.0 Å². The summed E-state index contributed by atoms with van der Waals surface area (Å²) in [7, 11) is 0. The minimum Gasteiger partial charge on any atom is -0.329 e. The Kier molecular flexibility index (Phi) is 5.68. The van der Waals surface area contributed by atoms with Crippen LogP contribution in [0.2, 0.25) is 0 Å². The molecule has 1 aliphatic heterocycles. The summed E-state index contributed by atoms with van der Waals surface area (Å²) in [6.45, 7) is 4.63. The van der Waals surface area contributed by atoms with Crippen LogP contribution < -0.4 is 5.32 Å². The van der Waals surface area contributed by atoms with Crippen LogP contribution in [-0.2, 0) is 4.79 Å². The zero-order chi connectivity index (χ0) is 21.3. The molecule has 0 aliphatic carbocycles. The third-order valence-electron chi connectivity index (χ3n) is 5.25. The van der Waals surface area contributed by atoms with E-state index in [9.17, 15) is 14.0 Å². The number of amides is 2. The highest BCUT2D eigenvalue weighted by atomic mass is 32.1. The number of hydrogen-bond acceptors (Lipinski definition) is 3. The van der Waals surface area contributed by atoms with Gasteiger partial charge in [0.1, 0.15) is 5.82 Å². The van der Waals surface area contributed by atoms with Crippen LogP contribution in [0.4, 0.5) is 10.1 Å². The number of para-hydroxylation sites is 1. The van der Waals surface area contributed by atoms with Gasteiger partial charge in [-0.25, -0.2) is 4.39 Å². The Labute approximate surface area is 179 Å². The average Bonchev–Trinajstić information content (AvgIpc) is 3.25. The van der Waals surface area contributed by atoms with Crippen molar-refractivity contribution in [2.24, 2.45) is 5.92 Å². The quantitative estimate of drug-likeness (QED) is 0.593. The van der Waals surface area contributed by atoms with Crippen LogP contribution in [0.3, 0.4) is 0 Å². The minimum atomic E-state index is -0.643. The van der Waals surface area contributed by atoms with E-state index >= 15 is 0 Å². The molecule has 1 aromatic heterocycles. The van der Waals surface area contributed by atoms with Gasteiger partial charge in [-0.05, 0) is 41.1 Å².